The van der Waals surface area contributed by atoms with Gasteiger partial charge in [-0.25, -0.2) is 4.79 Å². The Hall–Kier alpha value is -1.81. The summed E-state index contributed by atoms with van der Waals surface area (Å²) in [5.41, 5.74) is 2.16. The molecule has 1 atom stereocenters. The van der Waals surface area contributed by atoms with E-state index in [1.54, 1.807) is 0 Å². The Morgan fingerprint density at radius 3 is 2.95 bits per heavy atom. The molecule has 4 heteroatoms. The molecule has 0 saturated heterocycles. The van der Waals surface area contributed by atoms with E-state index in [-0.39, 0.29) is 5.97 Å². The Bertz CT molecular complexity index is 661. The number of para-hydroxylation sites is 1. The lowest BCUT2D eigenvalue weighted by molar-refractivity contribution is -0.178. The Morgan fingerprint density at radius 2 is 2.19 bits per heavy atom. The van der Waals surface area contributed by atoms with Gasteiger partial charge < -0.3 is 14.5 Å². The average Bonchev–Trinajstić information content (AvgIpc) is 2.88. The van der Waals surface area contributed by atoms with Crippen molar-refractivity contribution in [2.45, 2.75) is 38.7 Å². The summed E-state index contributed by atoms with van der Waals surface area (Å²) in [4.78, 5) is 16.0. The topological polar surface area (TPSA) is 51.3 Å². The molecular formula is C17H21NO3. The molecule has 112 valence electrons. The van der Waals surface area contributed by atoms with Crippen LogP contribution in [0.15, 0.2) is 24.3 Å². The lowest BCUT2D eigenvalue weighted by Gasteiger charge is -2.34. The van der Waals surface area contributed by atoms with Gasteiger partial charge in [0.25, 0.3) is 0 Å². The van der Waals surface area contributed by atoms with Gasteiger partial charge in [-0.15, -0.1) is 0 Å². The first-order valence-corrected chi connectivity index (χ1v) is 7.64. The lowest BCUT2D eigenvalue weighted by Crippen LogP contribution is -2.44. The molecule has 0 fully saturated rings. The van der Waals surface area contributed by atoms with Gasteiger partial charge in [-0.3, -0.25) is 0 Å². The molecule has 2 aromatic rings. The van der Waals surface area contributed by atoms with Crippen LogP contribution in [0.5, 0.6) is 0 Å². The van der Waals surface area contributed by atoms with E-state index in [1.807, 2.05) is 25.1 Å². The van der Waals surface area contributed by atoms with E-state index in [0.29, 0.717) is 19.6 Å². The third-order valence-electron chi connectivity index (χ3n) is 4.13. The molecule has 0 bridgehead atoms. The number of esters is 1. The van der Waals surface area contributed by atoms with Gasteiger partial charge in [0, 0.05) is 10.9 Å². The maximum absolute atomic E-state index is 12.6. The highest BCUT2D eigenvalue weighted by Gasteiger charge is 2.47. The summed E-state index contributed by atoms with van der Waals surface area (Å²) in [6.07, 6.45) is 2.31. The predicted molar refractivity (Wildman–Crippen MR) is 81.2 cm³/mol. The minimum Gasteiger partial charge on any atom is -0.464 e. The van der Waals surface area contributed by atoms with E-state index in [2.05, 4.69) is 18.0 Å². The van der Waals surface area contributed by atoms with Crippen LogP contribution in [0.3, 0.4) is 0 Å². The van der Waals surface area contributed by atoms with Crippen molar-refractivity contribution in [1.82, 2.24) is 4.98 Å². The number of nitrogens with one attached hydrogen (secondary N) is 1. The van der Waals surface area contributed by atoms with E-state index in [1.165, 1.54) is 10.9 Å². The maximum atomic E-state index is 12.6. The van der Waals surface area contributed by atoms with Crippen molar-refractivity contribution in [2.24, 2.45) is 0 Å². The molecule has 0 radical (unpaired) electrons. The minimum atomic E-state index is -0.975. The van der Waals surface area contributed by atoms with Gasteiger partial charge in [0.1, 0.15) is 0 Å². The molecule has 1 aromatic carbocycles. The second kappa shape index (κ2) is 5.53. The van der Waals surface area contributed by atoms with Crippen molar-refractivity contribution in [3.8, 4) is 0 Å². The third-order valence-corrected chi connectivity index (χ3v) is 4.13. The number of aromatic amines is 1. The summed E-state index contributed by atoms with van der Waals surface area (Å²) >= 11 is 0. The average molecular weight is 287 g/mol. The molecule has 21 heavy (non-hydrogen) atoms. The monoisotopic (exact) mass is 287 g/mol. The number of H-pyrrole nitrogens is 1. The Kier molecular flexibility index (Phi) is 3.72. The van der Waals surface area contributed by atoms with Gasteiger partial charge in [-0.05, 0) is 31.4 Å². The van der Waals surface area contributed by atoms with Gasteiger partial charge in [0.2, 0.25) is 5.60 Å². The summed E-state index contributed by atoms with van der Waals surface area (Å²) in [6, 6.07) is 8.15. The Labute approximate surface area is 124 Å². The van der Waals surface area contributed by atoms with Crippen molar-refractivity contribution < 1.29 is 14.3 Å². The smallest absolute Gasteiger partial charge is 0.344 e. The number of rotatable bonds is 4. The lowest BCUT2D eigenvalue weighted by atomic mass is 9.87. The van der Waals surface area contributed by atoms with Crippen LogP contribution in [0.1, 0.15) is 37.9 Å². The SMILES string of the molecule is CCCC1(C(=O)OCC)OCCc2c1[nH]c1ccccc21. The molecule has 4 nitrogen and oxygen atoms in total. The standard InChI is InChI=1S/C17H21NO3/c1-3-10-17(16(19)20-4-2)15-13(9-11-21-17)12-7-5-6-8-14(12)18-15/h5-8,18H,3-4,9-11H2,1-2H3. The molecule has 2 heterocycles. The number of hydrogen-bond donors (Lipinski definition) is 1. The number of carbonyl (C=O) groups excluding carboxylic acids is 1. The van der Waals surface area contributed by atoms with E-state index in [0.717, 1.165) is 24.1 Å². The molecule has 0 aliphatic carbocycles. The van der Waals surface area contributed by atoms with Crippen molar-refractivity contribution in [2.75, 3.05) is 13.2 Å². The molecule has 1 aliphatic heterocycles. The number of hydrogen-bond acceptors (Lipinski definition) is 3. The largest absolute Gasteiger partial charge is 0.464 e. The second-order valence-electron chi connectivity index (χ2n) is 5.42. The second-order valence-corrected chi connectivity index (χ2v) is 5.42. The number of ether oxygens (including phenoxy) is 2. The van der Waals surface area contributed by atoms with Crippen molar-refractivity contribution in [3.05, 3.63) is 35.5 Å². The van der Waals surface area contributed by atoms with Crippen molar-refractivity contribution in [3.63, 3.8) is 0 Å². The summed E-state index contributed by atoms with van der Waals surface area (Å²) in [5.74, 6) is -0.278. The first-order chi connectivity index (χ1) is 10.2. The Morgan fingerprint density at radius 1 is 1.38 bits per heavy atom. The third kappa shape index (κ3) is 2.14. The highest BCUT2D eigenvalue weighted by molar-refractivity contribution is 5.90. The molecule has 1 aromatic heterocycles. The van der Waals surface area contributed by atoms with E-state index < -0.39 is 5.60 Å². The van der Waals surface area contributed by atoms with Gasteiger partial charge in [0.15, 0.2) is 0 Å². The van der Waals surface area contributed by atoms with Crippen LogP contribution in [-0.4, -0.2) is 24.2 Å². The molecule has 1 N–H and O–H groups in total. The molecule has 1 unspecified atom stereocenters. The van der Waals surface area contributed by atoms with Crippen LogP contribution in [0.25, 0.3) is 10.9 Å². The van der Waals surface area contributed by atoms with Gasteiger partial charge in [-0.2, -0.15) is 0 Å². The summed E-state index contributed by atoms with van der Waals surface area (Å²) < 4.78 is 11.3. The van der Waals surface area contributed by atoms with Crippen LogP contribution in [0.2, 0.25) is 0 Å². The zero-order chi connectivity index (χ0) is 14.9. The first kappa shape index (κ1) is 14.1. The maximum Gasteiger partial charge on any atom is 0.344 e. The van der Waals surface area contributed by atoms with Crippen LogP contribution in [-0.2, 0) is 26.3 Å². The summed E-state index contributed by atoms with van der Waals surface area (Å²) in [6.45, 7) is 4.80. The number of carbonyl (C=O) groups is 1. The first-order valence-electron chi connectivity index (χ1n) is 7.64. The zero-order valence-corrected chi connectivity index (χ0v) is 12.6. The number of benzene rings is 1. The van der Waals surface area contributed by atoms with Crippen LogP contribution < -0.4 is 0 Å². The number of aromatic nitrogens is 1. The van der Waals surface area contributed by atoms with E-state index in [9.17, 15) is 4.79 Å². The Balaban J connectivity index is 2.18. The highest BCUT2D eigenvalue weighted by atomic mass is 16.6. The predicted octanol–water partition coefficient (Wildman–Crippen LogP) is 3.30. The summed E-state index contributed by atoms with van der Waals surface area (Å²) in [7, 11) is 0. The molecular weight excluding hydrogens is 266 g/mol. The van der Waals surface area contributed by atoms with Crippen molar-refractivity contribution >= 4 is 16.9 Å². The van der Waals surface area contributed by atoms with E-state index >= 15 is 0 Å². The summed E-state index contributed by atoms with van der Waals surface area (Å²) in [5, 5.41) is 1.18. The fourth-order valence-electron chi connectivity index (χ4n) is 3.26. The zero-order valence-electron chi connectivity index (χ0n) is 12.6. The van der Waals surface area contributed by atoms with Gasteiger partial charge in [0.05, 0.1) is 18.9 Å². The number of fused-ring (bicyclic) bond motifs is 3. The normalized spacial score (nSPS) is 21.2. The highest BCUT2D eigenvalue weighted by Crippen LogP contribution is 2.40. The fraction of sp³-hybridized carbons (Fsp3) is 0.471. The molecule has 0 amide bonds. The van der Waals surface area contributed by atoms with Crippen LogP contribution in [0, 0.1) is 0 Å². The van der Waals surface area contributed by atoms with Crippen LogP contribution in [0.4, 0.5) is 0 Å². The molecule has 0 saturated carbocycles. The van der Waals surface area contributed by atoms with E-state index in [4.69, 9.17) is 9.47 Å². The quantitative estimate of drug-likeness (QED) is 0.878. The van der Waals surface area contributed by atoms with Gasteiger partial charge >= 0.3 is 5.97 Å². The van der Waals surface area contributed by atoms with Crippen molar-refractivity contribution in [1.29, 1.82) is 0 Å². The molecule has 0 spiro atoms. The van der Waals surface area contributed by atoms with Crippen LogP contribution >= 0.6 is 0 Å². The fourth-order valence-corrected chi connectivity index (χ4v) is 3.26. The molecule has 1 aliphatic rings. The minimum absolute atomic E-state index is 0.278. The molecule has 3 rings (SSSR count). The van der Waals surface area contributed by atoms with Gasteiger partial charge in [-0.1, -0.05) is 31.5 Å².